The summed E-state index contributed by atoms with van der Waals surface area (Å²) in [5, 5.41) is 0.694. The van der Waals surface area contributed by atoms with Crippen LogP contribution in [0.4, 0.5) is 13.2 Å². The molecule has 0 fully saturated rings. The summed E-state index contributed by atoms with van der Waals surface area (Å²) in [6.45, 7) is 0. The van der Waals surface area contributed by atoms with Crippen LogP contribution in [0.2, 0.25) is 0 Å². The molecule has 0 unspecified atom stereocenters. The number of pyridine rings is 1. The Labute approximate surface area is 168 Å². The summed E-state index contributed by atoms with van der Waals surface area (Å²) in [6, 6.07) is 8.65. The molecule has 0 amide bonds. The minimum Gasteiger partial charge on any atom is -0.493 e. The summed E-state index contributed by atoms with van der Waals surface area (Å²) in [5.41, 5.74) is -0.233. The highest BCUT2D eigenvalue weighted by Gasteiger charge is 2.33. The third-order valence-corrected chi connectivity index (χ3v) is 4.70. The Hall–Kier alpha value is -3.62. The number of nitrogens with zero attached hydrogens (tertiary/aromatic N) is 2. The van der Waals surface area contributed by atoms with E-state index in [4.69, 9.17) is 9.47 Å². The summed E-state index contributed by atoms with van der Waals surface area (Å²) in [4.78, 5) is 23.6. The molecule has 0 spiro atoms. The van der Waals surface area contributed by atoms with Gasteiger partial charge in [-0.25, -0.2) is 4.98 Å². The lowest BCUT2D eigenvalue weighted by Crippen LogP contribution is -2.13. The SMILES string of the molecule is COc1cc2nc(Cc3cnc4c(C(F)(F)F)cccc4c3)[nH]c(=O)c2cc1OC. The number of alkyl halides is 3. The monoisotopic (exact) mass is 415 g/mol. The number of H-pyrrole nitrogens is 1. The maximum Gasteiger partial charge on any atom is 0.418 e. The number of methoxy groups -OCH3 is 2. The quantitative estimate of drug-likeness (QED) is 0.543. The smallest absolute Gasteiger partial charge is 0.418 e. The van der Waals surface area contributed by atoms with Crippen molar-refractivity contribution in [1.29, 1.82) is 0 Å². The van der Waals surface area contributed by atoms with E-state index in [1.807, 2.05) is 0 Å². The van der Waals surface area contributed by atoms with Gasteiger partial charge in [0.25, 0.3) is 5.56 Å². The van der Waals surface area contributed by atoms with E-state index in [0.29, 0.717) is 39.2 Å². The van der Waals surface area contributed by atoms with E-state index in [1.54, 1.807) is 24.3 Å². The van der Waals surface area contributed by atoms with Crippen LogP contribution in [0.15, 0.2) is 47.4 Å². The fourth-order valence-electron chi connectivity index (χ4n) is 3.32. The molecule has 0 bridgehead atoms. The van der Waals surface area contributed by atoms with E-state index in [2.05, 4.69) is 15.0 Å². The van der Waals surface area contributed by atoms with Crippen LogP contribution < -0.4 is 15.0 Å². The zero-order valence-electron chi connectivity index (χ0n) is 16.0. The molecule has 0 saturated carbocycles. The summed E-state index contributed by atoms with van der Waals surface area (Å²) >= 11 is 0. The van der Waals surface area contributed by atoms with Gasteiger partial charge in [0, 0.05) is 24.1 Å². The lowest BCUT2D eigenvalue weighted by atomic mass is 10.1. The van der Waals surface area contributed by atoms with Gasteiger partial charge in [-0.2, -0.15) is 13.2 Å². The number of hydrogen-bond donors (Lipinski definition) is 1. The fourth-order valence-corrected chi connectivity index (χ4v) is 3.32. The van der Waals surface area contributed by atoms with E-state index in [9.17, 15) is 18.0 Å². The van der Waals surface area contributed by atoms with Crippen molar-refractivity contribution in [2.45, 2.75) is 12.6 Å². The number of nitrogens with one attached hydrogen (secondary N) is 1. The zero-order chi connectivity index (χ0) is 21.5. The van der Waals surface area contributed by atoms with Crippen LogP contribution in [0, 0.1) is 0 Å². The predicted octanol–water partition coefficient (Wildman–Crippen LogP) is 4.10. The first kappa shape index (κ1) is 19.7. The molecule has 0 aliphatic rings. The first-order valence-corrected chi connectivity index (χ1v) is 8.90. The molecule has 154 valence electrons. The van der Waals surface area contributed by atoms with Gasteiger partial charge in [-0.05, 0) is 23.8 Å². The van der Waals surface area contributed by atoms with E-state index >= 15 is 0 Å². The molecule has 4 aromatic rings. The minimum absolute atomic E-state index is 0.120. The number of benzene rings is 2. The number of ether oxygens (including phenoxy) is 2. The number of rotatable bonds is 4. The van der Waals surface area contributed by atoms with Crippen molar-refractivity contribution in [3.05, 3.63) is 69.9 Å². The molecule has 0 aliphatic carbocycles. The molecule has 2 heterocycles. The lowest BCUT2D eigenvalue weighted by molar-refractivity contribution is -0.136. The molecule has 6 nitrogen and oxygen atoms in total. The van der Waals surface area contributed by atoms with Crippen LogP contribution >= 0.6 is 0 Å². The van der Waals surface area contributed by atoms with Gasteiger partial charge in [-0.1, -0.05) is 12.1 Å². The van der Waals surface area contributed by atoms with Gasteiger partial charge >= 0.3 is 6.18 Å². The number of halogens is 3. The molecule has 0 aliphatic heterocycles. The van der Waals surface area contributed by atoms with Gasteiger partial charge in [-0.3, -0.25) is 9.78 Å². The summed E-state index contributed by atoms with van der Waals surface area (Å²) in [7, 11) is 2.95. The van der Waals surface area contributed by atoms with Crippen LogP contribution in [-0.4, -0.2) is 29.2 Å². The lowest BCUT2D eigenvalue weighted by Gasteiger charge is -2.11. The highest BCUT2D eigenvalue weighted by Crippen LogP contribution is 2.34. The Kier molecular flexibility index (Phi) is 4.81. The normalized spacial score (nSPS) is 11.8. The maximum atomic E-state index is 13.2. The standard InChI is InChI=1S/C21H16F3N3O3/c1-29-16-8-13-15(9-17(16)30-2)26-18(27-20(13)28)7-11-6-12-4-3-5-14(21(22,23)24)19(12)25-10-11/h3-6,8-10H,7H2,1-2H3,(H,26,27,28). The van der Waals surface area contributed by atoms with E-state index < -0.39 is 11.7 Å². The topological polar surface area (TPSA) is 77.1 Å². The van der Waals surface area contributed by atoms with Crippen molar-refractivity contribution in [2.24, 2.45) is 0 Å². The van der Waals surface area contributed by atoms with E-state index in [0.717, 1.165) is 6.07 Å². The Morgan fingerprint density at radius 2 is 1.80 bits per heavy atom. The Bertz CT molecular complexity index is 1320. The zero-order valence-corrected chi connectivity index (χ0v) is 16.0. The second kappa shape index (κ2) is 7.33. The van der Waals surface area contributed by atoms with Gasteiger partial charge in [0.05, 0.1) is 36.2 Å². The maximum absolute atomic E-state index is 13.2. The number of aromatic nitrogens is 3. The first-order chi connectivity index (χ1) is 14.3. The van der Waals surface area contributed by atoms with E-state index in [-0.39, 0.29) is 17.5 Å². The number of aromatic amines is 1. The average Bonchev–Trinajstić information content (AvgIpc) is 2.71. The van der Waals surface area contributed by atoms with Crippen molar-refractivity contribution >= 4 is 21.8 Å². The van der Waals surface area contributed by atoms with Crippen LogP contribution in [0.1, 0.15) is 17.0 Å². The predicted molar refractivity (Wildman–Crippen MR) is 105 cm³/mol. The third kappa shape index (κ3) is 3.54. The van der Waals surface area contributed by atoms with Gasteiger partial charge in [0.1, 0.15) is 5.82 Å². The molecule has 0 saturated heterocycles. The number of fused-ring (bicyclic) bond motifs is 2. The van der Waals surface area contributed by atoms with Crippen LogP contribution in [-0.2, 0) is 12.6 Å². The molecule has 9 heteroatoms. The van der Waals surface area contributed by atoms with Gasteiger partial charge < -0.3 is 14.5 Å². The Balaban J connectivity index is 1.75. The molecule has 2 aromatic carbocycles. The fraction of sp³-hybridized carbons (Fsp3) is 0.190. The van der Waals surface area contributed by atoms with Crippen molar-refractivity contribution in [3.8, 4) is 11.5 Å². The summed E-state index contributed by atoms with van der Waals surface area (Å²) in [6.07, 6.45) is -2.94. The third-order valence-electron chi connectivity index (χ3n) is 4.70. The second-order valence-electron chi connectivity index (χ2n) is 6.63. The van der Waals surface area contributed by atoms with Crippen molar-refractivity contribution in [3.63, 3.8) is 0 Å². The first-order valence-electron chi connectivity index (χ1n) is 8.90. The molecular formula is C21H16F3N3O3. The highest BCUT2D eigenvalue weighted by molar-refractivity contribution is 5.83. The van der Waals surface area contributed by atoms with Crippen LogP contribution in [0.3, 0.4) is 0 Å². The molecular weight excluding hydrogens is 399 g/mol. The molecule has 2 aromatic heterocycles. The second-order valence-corrected chi connectivity index (χ2v) is 6.63. The number of para-hydroxylation sites is 1. The van der Waals surface area contributed by atoms with E-state index in [1.165, 1.54) is 26.5 Å². The Morgan fingerprint density at radius 1 is 1.07 bits per heavy atom. The molecule has 4 rings (SSSR count). The van der Waals surface area contributed by atoms with Crippen LogP contribution in [0.25, 0.3) is 21.8 Å². The average molecular weight is 415 g/mol. The molecule has 1 N–H and O–H groups in total. The van der Waals surface area contributed by atoms with Crippen molar-refractivity contribution in [1.82, 2.24) is 15.0 Å². The number of hydrogen-bond acceptors (Lipinski definition) is 5. The highest BCUT2D eigenvalue weighted by atomic mass is 19.4. The van der Waals surface area contributed by atoms with Crippen LogP contribution in [0.5, 0.6) is 11.5 Å². The van der Waals surface area contributed by atoms with Crippen molar-refractivity contribution < 1.29 is 22.6 Å². The van der Waals surface area contributed by atoms with Gasteiger partial charge in [0.15, 0.2) is 11.5 Å². The van der Waals surface area contributed by atoms with Gasteiger partial charge in [0.2, 0.25) is 0 Å². The molecule has 30 heavy (non-hydrogen) atoms. The molecule has 0 radical (unpaired) electrons. The van der Waals surface area contributed by atoms with Crippen molar-refractivity contribution in [2.75, 3.05) is 14.2 Å². The largest absolute Gasteiger partial charge is 0.493 e. The molecule has 0 atom stereocenters. The summed E-state index contributed by atoms with van der Waals surface area (Å²) in [5.74, 6) is 1.19. The summed E-state index contributed by atoms with van der Waals surface area (Å²) < 4.78 is 50.0. The Morgan fingerprint density at radius 3 is 2.50 bits per heavy atom. The minimum atomic E-state index is -4.49. The van der Waals surface area contributed by atoms with Gasteiger partial charge in [-0.15, -0.1) is 0 Å².